The van der Waals surface area contributed by atoms with Crippen LogP contribution in [0.5, 0.6) is 5.88 Å². The Hall–Kier alpha value is -4.12. The second-order valence-corrected chi connectivity index (χ2v) is 10.0. The van der Waals surface area contributed by atoms with Crippen LogP contribution in [0.25, 0.3) is 21.7 Å². The minimum absolute atomic E-state index is 0.0548. The van der Waals surface area contributed by atoms with Crippen LogP contribution in [0.4, 0.5) is 11.4 Å². The first-order valence-electron chi connectivity index (χ1n) is 10.9. The zero-order valence-corrected chi connectivity index (χ0v) is 20.5. The highest BCUT2D eigenvalue weighted by Gasteiger charge is 2.18. The van der Waals surface area contributed by atoms with Gasteiger partial charge in [0.1, 0.15) is 4.90 Å². The van der Waals surface area contributed by atoms with Gasteiger partial charge in [-0.1, -0.05) is 66.7 Å². The van der Waals surface area contributed by atoms with Crippen LogP contribution in [0.2, 0.25) is 0 Å². The van der Waals surface area contributed by atoms with E-state index in [1.165, 1.54) is 12.1 Å². The quantitative estimate of drug-likeness (QED) is 0.205. The molecule has 0 radical (unpaired) electrons. The molecule has 0 saturated heterocycles. The van der Waals surface area contributed by atoms with Gasteiger partial charge in [-0.25, -0.2) is 13.6 Å². The molecule has 1 aromatic heterocycles. The Balaban J connectivity index is 1.46. The van der Waals surface area contributed by atoms with E-state index < -0.39 is 10.0 Å². The summed E-state index contributed by atoms with van der Waals surface area (Å²) >= 11 is 5.24. The smallest absolute Gasteiger partial charge is 0.240 e. The molecule has 5 rings (SSSR count). The number of thiocarbonyl (C=S) groups is 1. The van der Waals surface area contributed by atoms with E-state index in [9.17, 15) is 13.5 Å². The summed E-state index contributed by atoms with van der Waals surface area (Å²) in [7, 11) is -3.96. The van der Waals surface area contributed by atoms with Crippen molar-refractivity contribution in [3.63, 3.8) is 0 Å². The Bertz CT molecular complexity index is 1760. The molecule has 8 nitrogen and oxygen atoms in total. The fourth-order valence-corrected chi connectivity index (χ4v) is 4.95. The molecule has 0 atom stereocenters. The van der Waals surface area contributed by atoms with Crippen molar-refractivity contribution in [1.82, 2.24) is 4.57 Å². The fraction of sp³-hybridized carbons (Fsp3) is 0.0385. The molecule has 0 aliphatic rings. The van der Waals surface area contributed by atoms with Gasteiger partial charge in [-0.3, -0.25) is 0 Å². The second kappa shape index (κ2) is 9.50. The van der Waals surface area contributed by atoms with E-state index in [-0.39, 0.29) is 27.3 Å². The number of rotatable bonds is 5. The summed E-state index contributed by atoms with van der Waals surface area (Å²) in [6.07, 6.45) is 0. The van der Waals surface area contributed by atoms with Crippen LogP contribution in [0.15, 0.2) is 106 Å². The van der Waals surface area contributed by atoms with Crippen molar-refractivity contribution >= 4 is 60.4 Å². The number of nitrogens with two attached hydrogens (primary N) is 1. The van der Waals surface area contributed by atoms with E-state index in [0.29, 0.717) is 11.9 Å². The average Bonchev–Trinajstić information content (AvgIpc) is 3.13. The molecule has 5 aromatic rings. The van der Waals surface area contributed by atoms with Gasteiger partial charge in [0.05, 0.1) is 17.7 Å². The van der Waals surface area contributed by atoms with Crippen molar-refractivity contribution in [3.8, 4) is 5.88 Å². The van der Waals surface area contributed by atoms with Gasteiger partial charge < -0.3 is 15.0 Å². The van der Waals surface area contributed by atoms with Crippen LogP contribution < -0.4 is 10.5 Å². The zero-order valence-electron chi connectivity index (χ0n) is 18.9. The van der Waals surface area contributed by atoms with Gasteiger partial charge >= 0.3 is 0 Å². The number of para-hydroxylation sites is 2. The Morgan fingerprint density at radius 3 is 2.44 bits per heavy atom. The Morgan fingerprint density at radius 1 is 0.944 bits per heavy atom. The Kier molecular flexibility index (Phi) is 6.23. The number of benzene rings is 4. The number of sulfonamides is 1. The van der Waals surface area contributed by atoms with E-state index in [1.54, 1.807) is 16.7 Å². The third kappa shape index (κ3) is 4.69. The molecule has 0 amide bonds. The van der Waals surface area contributed by atoms with Crippen molar-refractivity contribution in [1.29, 1.82) is 0 Å². The highest BCUT2D eigenvalue weighted by Crippen LogP contribution is 2.39. The van der Waals surface area contributed by atoms with E-state index in [4.69, 9.17) is 17.4 Å². The number of nitrogens with one attached hydrogen (secondary N) is 1. The number of aromatic hydroxyl groups is 1. The van der Waals surface area contributed by atoms with Gasteiger partial charge in [0.2, 0.25) is 21.0 Å². The second-order valence-electron chi connectivity index (χ2n) is 8.13. The zero-order chi connectivity index (χ0) is 25.3. The molecule has 36 heavy (non-hydrogen) atoms. The number of aromatic nitrogens is 1. The highest BCUT2D eigenvalue weighted by molar-refractivity contribution is 7.89. The molecule has 0 unspecified atom stereocenters. The summed E-state index contributed by atoms with van der Waals surface area (Å²) in [4.78, 5) is -0.114. The van der Waals surface area contributed by atoms with Crippen LogP contribution in [0, 0.1) is 0 Å². The van der Waals surface area contributed by atoms with Gasteiger partial charge in [0.15, 0.2) is 5.69 Å². The van der Waals surface area contributed by atoms with E-state index in [2.05, 4.69) is 33.7 Å². The summed E-state index contributed by atoms with van der Waals surface area (Å²) in [5.74, 6) is -0.0548. The largest absolute Gasteiger partial charge is 0.493 e. The Morgan fingerprint density at radius 2 is 1.64 bits per heavy atom. The third-order valence-corrected chi connectivity index (χ3v) is 6.90. The number of hydrogen-bond acceptors (Lipinski definition) is 5. The van der Waals surface area contributed by atoms with Crippen molar-refractivity contribution in [2.45, 2.75) is 11.4 Å². The Labute approximate surface area is 212 Å². The van der Waals surface area contributed by atoms with Gasteiger partial charge in [-0.05, 0) is 52.8 Å². The number of anilines is 1. The van der Waals surface area contributed by atoms with Gasteiger partial charge in [0.25, 0.3) is 0 Å². The van der Waals surface area contributed by atoms with Crippen molar-refractivity contribution in [2.75, 3.05) is 5.32 Å². The lowest BCUT2D eigenvalue weighted by Crippen LogP contribution is -2.16. The molecule has 10 heteroatoms. The van der Waals surface area contributed by atoms with Crippen molar-refractivity contribution < 1.29 is 13.5 Å². The average molecular weight is 516 g/mol. The highest BCUT2D eigenvalue weighted by atomic mass is 32.2. The standard InChI is InChI=1S/C26H21N5O3S2/c27-36(33,34)23-12-6-4-10-21(23)28-26(35)30-29-24-20-9-3-5-11-22(20)31(25(24)32)16-17-13-14-18-7-1-2-8-19(18)15-17/h1-15,32H,16H2,(H,28,35)(H2,27,33,34). The minimum atomic E-state index is -3.96. The first kappa shape index (κ1) is 23.6. The van der Waals surface area contributed by atoms with Crippen LogP contribution >= 0.6 is 12.2 Å². The van der Waals surface area contributed by atoms with E-state index in [1.807, 2.05) is 48.5 Å². The molecular weight excluding hydrogens is 494 g/mol. The molecule has 0 aliphatic carbocycles. The maximum atomic E-state index is 11.8. The lowest BCUT2D eigenvalue weighted by molar-refractivity contribution is 0.429. The number of fused-ring (bicyclic) bond motifs is 2. The van der Waals surface area contributed by atoms with Crippen LogP contribution in [-0.4, -0.2) is 23.2 Å². The molecular formula is C26H21N5O3S2. The fourth-order valence-electron chi connectivity index (χ4n) is 4.10. The third-order valence-electron chi connectivity index (χ3n) is 5.75. The predicted octanol–water partition coefficient (Wildman–Crippen LogP) is 5.68. The topological polar surface area (TPSA) is 122 Å². The molecule has 1 heterocycles. The molecule has 0 aliphatic heterocycles. The SMILES string of the molecule is NS(=O)(=O)c1ccccc1NC(=S)N=Nc1c(O)n(Cc2ccc3ccccc3c2)c2ccccc12. The summed E-state index contributed by atoms with van der Waals surface area (Å²) < 4.78 is 25.4. The number of nitrogens with zero attached hydrogens (tertiary/aromatic N) is 3. The number of azo groups is 1. The molecule has 4 N–H and O–H groups in total. The van der Waals surface area contributed by atoms with Gasteiger partial charge in [-0.2, -0.15) is 0 Å². The van der Waals surface area contributed by atoms with Crippen molar-refractivity contribution in [2.24, 2.45) is 15.4 Å². The van der Waals surface area contributed by atoms with Gasteiger partial charge in [0, 0.05) is 5.39 Å². The predicted molar refractivity (Wildman–Crippen MR) is 145 cm³/mol. The maximum absolute atomic E-state index is 11.8. The monoisotopic (exact) mass is 515 g/mol. The summed E-state index contributed by atoms with van der Waals surface area (Å²) in [6, 6.07) is 27.8. The molecule has 4 aromatic carbocycles. The molecule has 0 spiro atoms. The maximum Gasteiger partial charge on any atom is 0.240 e. The normalized spacial score (nSPS) is 11.9. The number of hydrogen-bond donors (Lipinski definition) is 3. The lowest BCUT2D eigenvalue weighted by Gasteiger charge is -2.09. The first-order chi connectivity index (χ1) is 17.3. The van der Waals surface area contributed by atoms with Crippen LogP contribution in [0.3, 0.4) is 0 Å². The first-order valence-corrected chi connectivity index (χ1v) is 12.9. The number of primary sulfonamides is 1. The molecule has 0 fully saturated rings. The molecule has 180 valence electrons. The van der Waals surface area contributed by atoms with Crippen molar-refractivity contribution in [3.05, 3.63) is 96.6 Å². The summed E-state index contributed by atoms with van der Waals surface area (Å²) in [5, 5.41) is 30.2. The molecule has 0 saturated carbocycles. The molecule has 0 bridgehead atoms. The van der Waals surface area contributed by atoms with E-state index >= 15 is 0 Å². The minimum Gasteiger partial charge on any atom is -0.493 e. The van der Waals surface area contributed by atoms with E-state index in [0.717, 1.165) is 21.9 Å². The van der Waals surface area contributed by atoms with Crippen LogP contribution in [0.1, 0.15) is 5.56 Å². The summed E-state index contributed by atoms with van der Waals surface area (Å²) in [6.45, 7) is 0.428. The van der Waals surface area contributed by atoms with Crippen LogP contribution in [-0.2, 0) is 16.6 Å². The lowest BCUT2D eigenvalue weighted by atomic mass is 10.1. The summed E-state index contributed by atoms with van der Waals surface area (Å²) in [5.41, 5.74) is 2.25. The van der Waals surface area contributed by atoms with Gasteiger partial charge in [-0.15, -0.1) is 10.2 Å².